The molecule has 0 aliphatic heterocycles. The first-order valence-electron chi connectivity index (χ1n) is 6.14. The first kappa shape index (κ1) is 12.4. The molecule has 0 bridgehead atoms. The zero-order valence-corrected chi connectivity index (χ0v) is 11.0. The lowest BCUT2D eigenvalue weighted by Crippen LogP contribution is -1.99. The van der Waals surface area contributed by atoms with Crippen molar-refractivity contribution in [1.29, 1.82) is 0 Å². The molecule has 1 unspecified atom stereocenters. The Kier molecular flexibility index (Phi) is 4.40. The lowest BCUT2D eigenvalue weighted by Gasteiger charge is -2.06. The summed E-state index contributed by atoms with van der Waals surface area (Å²) in [4.78, 5) is 0. The van der Waals surface area contributed by atoms with Crippen LogP contribution in [0.3, 0.4) is 0 Å². The van der Waals surface area contributed by atoms with Crippen LogP contribution in [0, 0.1) is 0 Å². The molecular formula is C14H19NOS. The van der Waals surface area contributed by atoms with E-state index in [2.05, 4.69) is 40.7 Å². The van der Waals surface area contributed by atoms with E-state index in [0.717, 1.165) is 31.4 Å². The van der Waals surface area contributed by atoms with Crippen LogP contribution in [0.2, 0.25) is 0 Å². The number of nitrogens with zero attached hydrogens (tertiary/aromatic N) is 1. The van der Waals surface area contributed by atoms with Crippen LogP contribution in [0.1, 0.15) is 37.0 Å². The fourth-order valence-electron chi connectivity index (χ4n) is 1.93. The molecule has 0 aromatic carbocycles. The summed E-state index contributed by atoms with van der Waals surface area (Å²) in [5, 5.41) is 14.2. The van der Waals surface area contributed by atoms with Gasteiger partial charge in [0.1, 0.15) is 0 Å². The van der Waals surface area contributed by atoms with Crippen LogP contribution < -0.4 is 0 Å². The minimum absolute atomic E-state index is 0.303. The van der Waals surface area contributed by atoms with Crippen LogP contribution >= 0.6 is 11.3 Å². The predicted molar refractivity (Wildman–Crippen MR) is 72.3 cm³/mol. The summed E-state index contributed by atoms with van der Waals surface area (Å²) in [7, 11) is 0. The maximum atomic E-state index is 9.87. The molecule has 2 rings (SSSR count). The summed E-state index contributed by atoms with van der Waals surface area (Å²) in [6, 6.07) is 4.19. The maximum Gasteiger partial charge on any atom is 0.0804 e. The molecule has 1 N–H and O–H groups in total. The summed E-state index contributed by atoms with van der Waals surface area (Å²) < 4.78 is 2.16. The van der Waals surface area contributed by atoms with E-state index in [4.69, 9.17) is 0 Å². The first-order chi connectivity index (χ1) is 8.29. The van der Waals surface area contributed by atoms with E-state index >= 15 is 0 Å². The number of rotatable bonds is 6. The van der Waals surface area contributed by atoms with Gasteiger partial charge in [-0.05, 0) is 46.9 Å². The molecule has 3 heteroatoms. The van der Waals surface area contributed by atoms with Gasteiger partial charge in [-0.15, -0.1) is 0 Å². The third-order valence-corrected chi connectivity index (χ3v) is 3.69. The molecular weight excluding hydrogens is 230 g/mol. The van der Waals surface area contributed by atoms with Gasteiger partial charge in [0.2, 0.25) is 0 Å². The molecule has 0 amide bonds. The number of thiophene rings is 1. The molecule has 2 nitrogen and oxygen atoms in total. The zero-order chi connectivity index (χ0) is 12.1. The Labute approximate surface area is 107 Å². The largest absolute Gasteiger partial charge is 0.388 e. The van der Waals surface area contributed by atoms with E-state index in [9.17, 15) is 5.11 Å². The third-order valence-electron chi connectivity index (χ3n) is 2.96. The summed E-state index contributed by atoms with van der Waals surface area (Å²) in [6.07, 6.45) is 6.73. The van der Waals surface area contributed by atoms with E-state index in [1.165, 1.54) is 5.56 Å². The Balaban J connectivity index is 1.89. The lowest BCUT2D eigenvalue weighted by atomic mass is 10.1. The molecule has 0 saturated heterocycles. The van der Waals surface area contributed by atoms with E-state index in [1.807, 2.05) is 6.07 Å². The predicted octanol–water partition coefficient (Wildman–Crippen LogP) is 3.63. The van der Waals surface area contributed by atoms with Crippen molar-refractivity contribution in [1.82, 2.24) is 4.57 Å². The maximum absolute atomic E-state index is 9.87. The molecule has 0 fully saturated rings. The summed E-state index contributed by atoms with van der Waals surface area (Å²) in [5.41, 5.74) is 2.43. The molecule has 17 heavy (non-hydrogen) atoms. The second-order valence-electron chi connectivity index (χ2n) is 4.37. The number of aromatic nitrogens is 1. The molecule has 92 valence electrons. The van der Waals surface area contributed by atoms with E-state index in [-0.39, 0.29) is 6.10 Å². The van der Waals surface area contributed by atoms with Crippen LogP contribution in [-0.2, 0) is 13.0 Å². The monoisotopic (exact) mass is 249 g/mol. The summed E-state index contributed by atoms with van der Waals surface area (Å²) in [6.45, 7) is 3.08. The number of hydrogen-bond acceptors (Lipinski definition) is 2. The highest BCUT2D eigenvalue weighted by molar-refractivity contribution is 7.07. The smallest absolute Gasteiger partial charge is 0.0804 e. The van der Waals surface area contributed by atoms with Crippen LogP contribution in [0.4, 0.5) is 0 Å². The molecule has 2 aromatic heterocycles. The SMILES string of the molecule is CCCC(O)c1ccn(CCc2ccsc2)c1. The van der Waals surface area contributed by atoms with Crippen molar-refractivity contribution in [3.63, 3.8) is 0 Å². The van der Waals surface area contributed by atoms with Crippen LogP contribution in [0.25, 0.3) is 0 Å². The van der Waals surface area contributed by atoms with Gasteiger partial charge >= 0.3 is 0 Å². The number of aryl methyl sites for hydroxylation is 2. The van der Waals surface area contributed by atoms with Crippen molar-refractivity contribution >= 4 is 11.3 Å². The topological polar surface area (TPSA) is 25.2 Å². The van der Waals surface area contributed by atoms with Gasteiger partial charge in [0.15, 0.2) is 0 Å². The van der Waals surface area contributed by atoms with Gasteiger partial charge in [-0.3, -0.25) is 0 Å². The van der Waals surface area contributed by atoms with Gasteiger partial charge in [0.25, 0.3) is 0 Å². The molecule has 2 heterocycles. The first-order valence-corrected chi connectivity index (χ1v) is 7.08. The van der Waals surface area contributed by atoms with Crippen molar-refractivity contribution in [2.24, 2.45) is 0 Å². The Morgan fingerprint density at radius 1 is 1.41 bits per heavy atom. The number of hydrogen-bond donors (Lipinski definition) is 1. The van der Waals surface area contributed by atoms with Gasteiger partial charge in [-0.1, -0.05) is 13.3 Å². The number of aliphatic hydroxyl groups is 1. The zero-order valence-electron chi connectivity index (χ0n) is 10.2. The van der Waals surface area contributed by atoms with Crippen molar-refractivity contribution in [3.05, 3.63) is 46.4 Å². The molecule has 0 radical (unpaired) electrons. The van der Waals surface area contributed by atoms with Crippen molar-refractivity contribution < 1.29 is 5.11 Å². The average molecular weight is 249 g/mol. The average Bonchev–Trinajstić information content (AvgIpc) is 2.98. The highest BCUT2D eigenvalue weighted by atomic mass is 32.1. The summed E-state index contributed by atoms with van der Waals surface area (Å²) in [5.74, 6) is 0. The van der Waals surface area contributed by atoms with E-state index in [0.29, 0.717) is 0 Å². The van der Waals surface area contributed by atoms with Gasteiger partial charge in [0.05, 0.1) is 6.10 Å². The van der Waals surface area contributed by atoms with Gasteiger partial charge in [-0.25, -0.2) is 0 Å². The van der Waals surface area contributed by atoms with Crippen molar-refractivity contribution in [3.8, 4) is 0 Å². The highest BCUT2D eigenvalue weighted by Gasteiger charge is 2.07. The number of aliphatic hydroxyl groups excluding tert-OH is 1. The molecule has 0 spiro atoms. The van der Waals surface area contributed by atoms with Gasteiger partial charge in [-0.2, -0.15) is 11.3 Å². The second-order valence-corrected chi connectivity index (χ2v) is 5.15. The Hall–Kier alpha value is -1.06. The third kappa shape index (κ3) is 3.45. The fourth-order valence-corrected chi connectivity index (χ4v) is 2.63. The van der Waals surface area contributed by atoms with Crippen LogP contribution in [-0.4, -0.2) is 9.67 Å². The lowest BCUT2D eigenvalue weighted by molar-refractivity contribution is 0.166. The second kappa shape index (κ2) is 6.03. The molecule has 0 aliphatic carbocycles. The van der Waals surface area contributed by atoms with Crippen LogP contribution in [0.5, 0.6) is 0 Å². The molecule has 0 saturated carbocycles. The fraction of sp³-hybridized carbons (Fsp3) is 0.429. The minimum Gasteiger partial charge on any atom is -0.388 e. The molecule has 1 atom stereocenters. The molecule has 2 aromatic rings. The molecule has 0 aliphatic rings. The van der Waals surface area contributed by atoms with E-state index < -0.39 is 0 Å². The van der Waals surface area contributed by atoms with E-state index in [1.54, 1.807) is 11.3 Å². The van der Waals surface area contributed by atoms with Crippen molar-refractivity contribution in [2.75, 3.05) is 0 Å². The standard InChI is InChI=1S/C14H19NOS/c1-2-3-14(16)13-5-8-15(10-13)7-4-12-6-9-17-11-12/h5-6,8-11,14,16H,2-4,7H2,1H3. The Bertz CT molecular complexity index is 433. The Morgan fingerprint density at radius 3 is 3.00 bits per heavy atom. The highest BCUT2D eigenvalue weighted by Crippen LogP contribution is 2.18. The minimum atomic E-state index is -0.303. The van der Waals surface area contributed by atoms with Gasteiger partial charge < -0.3 is 9.67 Å². The normalized spacial score (nSPS) is 12.8. The quantitative estimate of drug-likeness (QED) is 0.831. The van der Waals surface area contributed by atoms with Gasteiger partial charge in [0, 0.05) is 18.9 Å². The Morgan fingerprint density at radius 2 is 2.29 bits per heavy atom. The summed E-state index contributed by atoms with van der Waals surface area (Å²) >= 11 is 1.74. The van der Waals surface area contributed by atoms with Crippen molar-refractivity contribution in [2.45, 2.75) is 38.8 Å². The van der Waals surface area contributed by atoms with Crippen LogP contribution in [0.15, 0.2) is 35.3 Å².